The lowest BCUT2D eigenvalue weighted by atomic mass is 9.85. The molecule has 1 saturated carbocycles. The summed E-state index contributed by atoms with van der Waals surface area (Å²) in [4.78, 5) is 7.29. The first-order valence-electron chi connectivity index (χ1n) is 8.30. The Balaban J connectivity index is 1.69. The SMILES string of the molecule is COCCNCc1cccnc1N1CCC2CCCCC21. The van der Waals surface area contributed by atoms with Gasteiger partial charge in [0.1, 0.15) is 5.82 Å². The molecule has 2 atom stereocenters. The highest BCUT2D eigenvalue weighted by Crippen LogP contribution is 2.38. The molecule has 1 saturated heterocycles. The van der Waals surface area contributed by atoms with Crippen molar-refractivity contribution in [1.29, 1.82) is 0 Å². The van der Waals surface area contributed by atoms with E-state index in [4.69, 9.17) is 9.72 Å². The summed E-state index contributed by atoms with van der Waals surface area (Å²) in [5.74, 6) is 2.10. The number of rotatable bonds is 6. The van der Waals surface area contributed by atoms with Crippen LogP contribution in [0, 0.1) is 5.92 Å². The minimum atomic E-state index is 0.728. The molecule has 2 heterocycles. The predicted molar refractivity (Wildman–Crippen MR) is 85.5 cm³/mol. The molecule has 0 bridgehead atoms. The standard InChI is InChI=1S/C17H27N3O/c1-21-12-10-18-13-15-6-4-9-19-17(15)20-11-8-14-5-2-3-7-16(14)20/h4,6,9,14,16,18H,2-3,5,7-8,10-13H2,1H3. The average molecular weight is 289 g/mol. The summed E-state index contributed by atoms with van der Waals surface area (Å²) in [6.45, 7) is 3.69. The van der Waals surface area contributed by atoms with Crippen molar-refractivity contribution in [3.05, 3.63) is 23.9 Å². The van der Waals surface area contributed by atoms with E-state index in [0.717, 1.165) is 31.7 Å². The first kappa shape index (κ1) is 14.8. The molecule has 0 radical (unpaired) electrons. The van der Waals surface area contributed by atoms with Gasteiger partial charge in [0, 0.05) is 44.5 Å². The van der Waals surface area contributed by atoms with E-state index < -0.39 is 0 Å². The molecule has 2 aliphatic rings. The van der Waals surface area contributed by atoms with E-state index in [-0.39, 0.29) is 0 Å². The molecule has 21 heavy (non-hydrogen) atoms. The van der Waals surface area contributed by atoms with Crippen LogP contribution in [0.4, 0.5) is 5.82 Å². The van der Waals surface area contributed by atoms with E-state index >= 15 is 0 Å². The van der Waals surface area contributed by atoms with Crippen molar-refractivity contribution in [3.63, 3.8) is 0 Å². The fraction of sp³-hybridized carbons (Fsp3) is 0.706. The third-order valence-electron chi connectivity index (χ3n) is 4.95. The topological polar surface area (TPSA) is 37.4 Å². The van der Waals surface area contributed by atoms with Crippen molar-refractivity contribution in [2.45, 2.75) is 44.7 Å². The second-order valence-corrected chi connectivity index (χ2v) is 6.25. The Kier molecular flexibility index (Phi) is 5.09. The Labute approximate surface area is 127 Å². The molecule has 1 aromatic heterocycles. The third-order valence-corrected chi connectivity index (χ3v) is 4.95. The van der Waals surface area contributed by atoms with Crippen LogP contribution in [0.25, 0.3) is 0 Å². The summed E-state index contributed by atoms with van der Waals surface area (Å²) in [5.41, 5.74) is 1.32. The zero-order valence-electron chi connectivity index (χ0n) is 13.1. The number of hydrogen-bond donors (Lipinski definition) is 1. The first-order chi connectivity index (χ1) is 10.4. The molecule has 0 aromatic carbocycles. The van der Waals surface area contributed by atoms with Crippen LogP contribution in [0.15, 0.2) is 18.3 Å². The maximum Gasteiger partial charge on any atom is 0.133 e. The number of hydrogen-bond acceptors (Lipinski definition) is 4. The molecule has 1 aliphatic heterocycles. The van der Waals surface area contributed by atoms with Gasteiger partial charge in [0.15, 0.2) is 0 Å². The lowest BCUT2D eigenvalue weighted by molar-refractivity contribution is 0.199. The molecule has 3 rings (SSSR count). The molecule has 0 amide bonds. The van der Waals surface area contributed by atoms with Crippen LogP contribution in [-0.4, -0.2) is 37.8 Å². The largest absolute Gasteiger partial charge is 0.383 e. The van der Waals surface area contributed by atoms with Crippen LogP contribution in [-0.2, 0) is 11.3 Å². The van der Waals surface area contributed by atoms with E-state index in [1.807, 2.05) is 12.3 Å². The van der Waals surface area contributed by atoms with Gasteiger partial charge in [-0.2, -0.15) is 0 Å². The Hall–Kier alpha value is -1.13. The highest BCUT2D eigenvalue weighted by atomic mass is 16.5. The molecule has 1 N–H and O–H groups in total. The first-order valence-corrected chi connectivity index (χ1v) is 8.30. The molecular weight excluding hydrogens is 262 g/mol. The molecule has 4 heteroatoms. The van der Waals surface area contributed by atoms with E-state index in [1.54, 1.807) is 7.11 Å². The number of fused-ring (bicyclic) bond motifs is 1. The van der Waals surface area contributed by atoms with Crippen molar-refractivity contribution in [2.24, 2.45) is 5.92 Å². The van der Waals surface area contributed by atoms with E-state index in [1.165, 1.54) is 50.0 Å². The third kappa shape index (κ3) is 3.38. The van der Waals surface area contributed by atoms with E-state index in [0.29, 0.717) is 0 Å². The van der Waals surface area contributed by atoms with Gasteiger partial charge >= 0.3 is 0 Å². The van der Waals surface area contributed by atoms with E-state index in [2.05, 4.69) is 16.3 Å². The number of nitrogens with zero attached hydrogens (tertiary/aromatic N) is 2. The minimum Gasteiger partial charge on any atom is -0.383 e. The normalized spacial score (nSPS) is 25.1. The van der Waals surface area contributed by atoms with Gasteiger partial charge in [0.05, 0.1) is 6.61 Å². The van der Waals surface area contributed by atoms with Crippen LogP contribution < -0.4 is 10.2 Å². The lowest BCUT2D eigenvalue weighted by Gasteiger charge is -2.33. The highest BCUT2D eigenvalue weighted by molar-refractivity contribution is 5.49. The second-order valence-electron chi connectivity index (χ2n) is 6.25. The summed E-state index contributed by atoms with van der Waals surface area (Å²) in [6, 6.07) is 4.98. The van der Waals surface area contributed by atoms with Gasteiger partial charge in [-0.15, -0.1) is 0 Å². The summed E-state index contributed by atoms with van der Waals surface area (Å²) >= 11 is 0. The quantitative estimate of drug-likeness (QED) is 0.817. The summed E-state index contributed by atoms with van der Waals surface area (Å²) in [7, 11) is 1.74. The monoisotopic (exact) mass is 289 g/mol. The van der Waals surface area contributed by atoms with Gasteiger partial charge in [0.25, 0.3) is 0 Å². The Morgan fingerprint density at radius 1 is 1.33 bits per heavy atom. The van der Waals surface area contributed by atoms with Crippen molar-refractivity contribution in [2.75, 3.05) is 31.7 Å². The number of anilines is 1. The zero-order valence-corrected chi connectivity index (χ0v) is 13.1. The summed E-state index contributed by atoms with van der Waals surface area (Å²) < 4.78 is 5.09. The number of ether oxygens (including phenoxy) is 1. The van der Waals surface area contributed by atoms with Gasteiger partial charge < -0.3 is 15.0 Å². The summed E-state index contributed by atoms with van der Waals surface area (Å²) in [5, 5.41) is 3.45. The van der Waals surface area contributed by atoms with Gasteiger partial charge in [-0.05, 0) is 31.2 Å². The van der Waals surface area contributed by atoms with Crippen molar-refractivity contribution in [3.8, 4) is 0 Å². The van der Waals surface area contributed by atoms with Crippen LogP contribution in [0.3, 0.4) is 0 Å². The molecule has 2 unspecified atom stereocenters. The maximum absolute atomic E-state index is 5.09. The molecular formula is C17H27N3O. The van der Waals surface area contributed by atoms with Gasteiger partial charge in [0.2, 0.25) is 0 Å². The number of methoxy groups -OCH3 is 1. The highest BCUT2D eigenvalue weighted by Gasteiger charge is 2.36. The van der Waals surface area contributed by atoms with Crippen LogP contribution in [0.5, 0.6) is 0 Å². The number of nitrogens with one attached hydrogen (secondary N) is 1. The van der Waals surface area contributed by atoms with E-state index in [9.17, 15) is 0 Å². The molecule has 116 valence electrons. The van der Waals surface area contributed by atoms with Crippen molar-refractivity contribution < 1.29 is 4.74 Å². The number of pyridine rings is 1. The Morgan fingerprint density at radius 3 is 3.14 bits per heavy atom. The Bertz CT molecular complexity index is 451. The molecule has 2 fully saturated rings. The van der Waals surface area contributed by atoms with Gasteiger partial charge in [-0.25, -0.2) is 4.98 Å². The average Bonchev–Trinajstić information content (AvgIpc) is 2.96. The molecule has 4 nitrogen and oxygen atoms in total. The second kappa shape index (κ2) is 7.23. The van der Waals surface area contributed by atoms with Crippen LogP contribution >= 0.6 is 0 Å². The van der Waals surface area contributed by atoms with Gasteiger partial charge in [-0.3, -0.25) is 0 Å². The van der Waals surface area contributed by atoms with Crippen molar-refractivity contribution >= 4 is 5.82 Å². The maximum atomic E-state index is 5.09. The fourth-order valence-corrected chi connectivity index (χ4v) is 3.89. The molecule has 0 spiro atoms. The fourth-order valence-electron chi connectivity index (χ4n) is 3.89. The number of aromatic nitrogens is 1. The van der Waals surface area contributed by atoms with Crippen molar-refractivity contribution in [1.82, 2.24) is 10.3 Å². The smallest absolute Gasteiger partial charge is 0.133 e. The zero-order chi connectivity index (χ0) is 14.5. The lowest BCUT2D eigenvalue weighted by Crippen LogP contribution is -2.36. The summed E-state index contributed by atoms with van der Waals surface area (Å²) in [6.07, 6.45) is 8.84. The van der Waals surface area contributed by atoms with Crippen LogP contribution in [0.1, 0.15) is 37.7 Å². The Morgan fingerprint density at radius 2 is 2.24 bits per heavy atom. The van der Waals surface area contributed by atoms with Gasteiger partial charge in [-0.1, -0.05) is 18.9 Å². The minimum absolute atomic E-state index is 0.728. The predicted octanol–water partition coefficient (Wildman–Crippen LogP) is 2.59. The molecule has 1 aliphatic carbocycles. The molecule has 1 aromatic rings. The van der Waals surface area contributed by atoms with Crippen LogP contribution in [0.2, 0.25) is 0 Å².